The van der Waals surface area contributed by atoms with Crippen molar-refractivity contribution in [1.29, 1.82) is 0 Å². The maximum atomic E-state index is 9.90. The fraction of sp³-hybridized carbons (Fsp3) is 0.588. The van der Waals surface area contributed by atoms with Gasteiger partial charge in [0, 0.05) is 24.0 Å². The number of benzene rings is 1. The Hall–Kier alpha value is -0.530. The van der Waals surface area contributed by atoms with Crippen molar-refractivity contribution < 1.29 is 5.11 Å². The van der Waals surface area contributed by atoms with Gasteiger partial charge in [-0.3, -0.25) is 4.99 Å². The highest BCUT2D eigenvalue weighted by Crippen LogP contribution is 2.25. The molecule has 1 aliphatic rings. The second-order valence-electron chi connectivity index (χ2n) is 5.90. The van der Waals surface area contributed by atoms with Gasteiger partial charge in [0.2, 0.25) is 0 Å². The predicted octanol–water partition coefficient (Wildman–Crippen LogP) is 3.74. The van der Waals surface area contributed by atoms with E-state index in [1.165, 1.54) is 0 Å². The SMILES string of the molecule is CCNC(=NCC1CCCC1O)NC(C)c1cccc(Cl)c1.I. The largest absolute Gasteiger partial charge is 0.393 e. The van der Waals surface area contributed by atoms with Crippen molar-refractivity contribution in [3.63, 3.8) is 0 Å². The summed E-state index contributed by atoms with van der Waals surface area (Å²) in [6, 6.07) is 7.95. The van der Waals surface area contributed by atoms with E-state index in [1.54, 1.807) is 0 Å². The number of aliphatic hydroxyl groups excluding tert-OH is 1. The number of aliphatic hydroxyl groups is 1. The van der Waals surface area contributed by atoms with E-state index in [4.69, 9.17) is 11.6 Å². The third-order valence-electron chi connectivity index (χ3n) is 4.15. The molecule has 0 heterocycles. The van der Waals surface area contributed by atoms with Crippen LogP contribution in [0.1, 0.15) is 44.7 Å². The van der Waals surface area contributed by atoms with Crippen molar-refractivity contribution in [2.75, 3.05) is 13.1 Å². The highest BCUT2D eigenvalue weighted by atomic mass is 127. The van der Waals surface area contributed by atoms with Crippen LogP contribution in [0.3, 0.4) is 0 Å². The van der Waals surface area contributed by atoms with Crippen LogP contribution in [0.2, 0.25) is 5.02 Å². The first-order valence-corrected chi connectivity index (χ1v) is 8.46. The average Bonchev–Trinajstić information content (AvgIpc) is 2.90. The van der Waals surface area contributed by atoms with Crippen molar-refractivity contribution in [2.45, 2.75) is 45.3 Å². The standard InChI is InChI=1S/C17H26ClN3O.HI/c1-3-19-17(20-11-14-7-5-9-16(14)22)21-12(2)13-6-4-8-15(18)10-13;/h4,6,8,10,12,14,16,22H,3,5,7,9,11H2,1-2H3,(H2,19,20,21);1H. The quantitative estimate of drug-likeness (QED) is 0.363. The summed E-state index contributed by atoms with van der Waals surface area (Å²) in [5.41, 5.74) is 1.12. The maximum Gasteiger partial charge on any atom is 0.191 e. The van der Waals surface area contributed by atoms with Gasteiger partial charge in [0.25, 0.3) is 0 Å². The number of rotatable bonds is 5. The van der Waals surface area contributed by atoms with Gasteiger partial charge < -0.3 is 15.7 Å². The summed E-state index contributed by atoms with van der Waals surface area (Å²) in [6.07, 6.45) is 2.87. The van der Waals surface area contributed by atoms with Crippen LogP contribution < -0.4 is 10.6 Å². The van der Waals surface area contributed by atoms with Crippen molar-refractivity contribution in [3.05, 3.63) is 34.9 Å². The zero-order chi connectivity index (χ0) is 15.9. The van der Waals surface area contributed by atoms with Gasteiger partial charge >= 0.3 is 0 Å². The first kappa shape index (κ1) is 20.5. The molecule has 0 spiro atoms. The molecule has 0 amide bonds. The number of nitrogens with zero attached hydrogens (tertiary/aromatic N) is 1. The normalized spacial score (nSPS) is 22.3. The van der Waals surface area contributed by atoms with Crippen LogP contribution in [0.25, 0.3) is 0 Å². The second kappa shape index (κ2) is 10.4. The molecule has 1 saturated carbocycles. The predicted molar refractivity (Wildman–Crippen MR) is 108 cm³/mol. The van der Waals surface area contributed by atoms with Crippen LogP contribution >= 0.6 is 35.6 Å². The Kier molecular flexibility index (Phi) is 9.24. The Morgan fingerprint density at radius 1 is 1.43 bits per heavy atom. The summed E-state index contributed by atoms with van der Waals surface area (Å²) in [6.45, 7) is 5.61. The second-order valence-corrected chi connectivity index (χ2v) is 6.34. The van der Waals surface area contributed by atoms with Gasteiger partial charge in [-0.05, 0) is 44.4 Å². The minimum atomic E-state index is -0.197. The number of guanidine groups is 1. The van der Waals surface area contributed by atoms with Gasteiger partial charge in [0.15, 0.2) is 5.96 Å². The third-order valence-corrected chi connectivity index (χ3v) is 4.38. The molecule has 0 bridgehead atoms. The molecule has 0 aliphatic heterocycles. The van der Waals surface area contributed by atoms with Gasteiger partial charge in [0.05, 0.1) is 12.1 Å². The summed E-state index contributed by atoms with van der Waals surface area (Å²) in [7, 11) is 0. The van der Waals surface area contributed by atoms with Crippen LogP contribution in [-0.4, -0.2) is 30.3 Å². The van der Waals surface area contributed by atoms with Crippen molar-refractivity contribution >= 4 is 41.5 Å². The minimum absolute atomic E-state index is 0. The van der Waals surface area contributed by atoms with E-state index >= 15 is 0 Å². The van der Waals surface area contributed by atoms with Gasteiger partial charge in [-0.15, -0.1) is 24.0 Å². The van der Waals surface area contributed by atoms with Crippen LogP contribution in [0.15, 0.2) is 29.3 Å². The Morgan fingerprint density at radius 3 is 2.83 bits per heavy atom. The molecule has 23 heavy (non-hydrogen) atoms. The van der Waals surface area contributed by atoms with E-state index in [2.05, 4.69) is 22.5 Å². The zero-order valence-electron chi connectivity index (χ0n) is 13.8. The number of halogens is 2. The summed E-state index contributed by atoms with van der Waals surface area (Å²) in [5.74, 6) is 1.08. The number of aliphatic imine (C=N–C) groups is 1. The average molecular weight is 452 g/mol. The van der Waals surface area contributed by atoms with Crippen LogP contribution in [0.5, 0.6) is 0 Å². The van der Waals surface area contributed by atoms with E-state index in [-0.39, 0.29) is 42.0 Å². The maximum absolute atomic E-state index is 9.90. The zero-order valence-corrected chi connectivity index (χ0v) is 16.8. The molecule has 0 saturated heterocycles. The summed E-state index contributed by atoms with van der Waals surface area (Å²) in [4.78, 5) is 4.64. The Morgan fingerprint density at radius 2 is 2.22 bits per heavy atom. The van der Waals surface area contributed by atoms with E-state index in [0.29, 0.717) is 6.54 Å². The lowest BCUT2D eigenvalue weighted by molar-refractivity contribution is 0.136. The molecular weight excluding hydrogens is 425 g/mol. The molecule has 3 unspecified atom stereocenters. The molecule has 0 radical (unpaired) electrons. The topological polar surface area (TPSA) is 56.7 Å². The molecular formula is C17H27ClIN3O. The van der Waals surface area contributed by atoms with Gasteiger partial charge in [-0.1, -0.05) is 30.2 Å². The fourth-order valence-electron chi connectivity index (χ4n) is 2.82. The molecule has 4 nitrogen and oxygen atoms in total. The molecule has 2 rings (SSSR count). The molecule has 130 valence electrons. The van der Waals surface area contributed by atoms with Gasteiger partial charge in [-0.25, -0.2) is 0 Å². The lowest BCUT2D eigenvalue weighted by atomic mass is 10.1. The lowest BCUT2D eigenvalue weighted by Crippen LogP contribution is -2.39. The first-order chi connectivity index (χ1) is 10.6. The van der Waals surface area contributed by atoms with E-state index in [0.717, 1.165) is 42.4 Å². The molecule has 1 aliphatic carbocycles. The van der Waals surface area contributed by atoms with Gasteiger partial charge in [-0.2, -0.15) is 0 Å². The molecule has 3 N–H and O–H groups in total. The molecule has 1 fully saturated rings. The molecule has 0 aromatic heterocycles. The summed E-state index contributed by atoms with van der Waals surface area (Å²) >= 11 is 6.05. The Balaban J connectivity index is 0.00000264. The highest BCUT2D eigenvalue weighted by molar-refractivity contribution is 14.0. The van der Waals surface area contributed by atoms with Crippen LogP contribution in [0, 0.1) is 5.92 Å². The fourth-order valence-corrected chi connectivity index (χ4v) is 3.02. The van der Waals surface area contributed by atoms with Gasteiger partial charge in [0.1, 0.15) is 0 Å². The monoisotopic (exact) mass is 451 g/mol. The summed E-state index contributed by atoms with van der Waals surface area (Å²) in [5, 5.41) is 17.3. The number of hydrogen-bond donors (Lipinski definition) is 3. The first-order valence-electron chi connectivity index (χ1n) is 8.08. The smallest absolute Gasteiger partial charge is 0.191 e. The molecule has 1 aromatic rings. The van der Waals surface area contributed by atoms with Crippen LogP contribution in [-0.2, 0) is 0 Å². The minimum Gasteiger partial charge on any atom is -0.393 e. The van der Waals surface area contributed by atoms with Crippen LogP contribution in [0.4, 0.5) is 0 Å². The van der Waals surface area contributed by atoms with Crippen molar-refractivity contribution in [3.8, 4) is 0 Å². The number of hydrogen-bond acceptors (Lipinski definition) is 2. The highest BCUT2D eigenvalue weighted by Gasteiger charge is 2.24. The van der Waals surface area contributed by atoms with E-state index < -0.39 is 0 Å². The third kappa shape index (κ3) is 6.47. The Labute approximate surface area is 161 Å². The molecule has 1 aromatic carbocycles. The van der Waals surface area contributed by atoms with E-state index in [1.807, 2.05) is 31.2 Å². The van der Waals surface area contributed by atoms with Crippen molar-refractivity contribution in [2.24, 2.45) is 10.9 Å². The molecule has 6 heteroatoms. The van der Waals surface area contributed by atoms with E-state index in [9.17, 15) is 5.11 Å². The van der Waals surface area contributed by atoms with Crippen molar-refractivity contribution in [1.82, 2.24) is 10.6 Å². The lowest BCUT2D eigenvalue weighted by Gasteiger charge is -2.19. The number of nitrogens with one attached hydrogen (secondary N) is 2. The Bertz CT molecular complexity index is 512. The molecule has 3 atom stereocenters. The summed E-state index contributed by atoms with van der Waals surface area (Å²) < 4.78 is 0.